The highest BCUT2D eigenvalue weighted by Crippen LogP contribution is 2.30. The first-order valence-electron chi connectivity index (χ1n) is 9.88. The molecule has 3 rings (SSSR count). The predicted molar refractivity (Wildman–Crippen MR) is 113 cm³/mol. The molecule has 152 valence electrons. The van der Waals surface area contributed by atoms with Gasteiger partial charge in [0.05, 0.1) is 13.2 Å². The average Bonchev–Trinajstić information content (AvgIpc) is 3.53. The summed E-state index contributed by atoms with van der Waals surface area (Å²) in [6, 6.07) is 12.8. The third kappa shape index (κ3) is 6.10. The van der Waals surface area contributed by atoms with E-state index in [-0.39, 0.29) is 11.8 Å². The number of hydrogen-bond donors (Lipinski definition) is 2. The fraction of sp³-hybridized carbons (Fsp3) is 0.304. The lowest BCUT2D eigenvalue weighted by molar-refractivity contribution is -0.111. The van der Waals surface area contributed by atoms with E-state index in [0.717, 1.165) is 18.4 Å². The molecule has 0 radical (unpaired) electrons. The van der Waals surface area contributed by atoms with Crippen molar-refractivity contribution in [3.8, 4) is 11.5 Å². The van der Waals surface area contributed by atoms with Gasteiger partial charge < -0.3 is 20.1 Å². The molecule has 0 atom stereocenters. The van der Waals surface area contributed by atoms with Crippen LogP contribution in [-0.4, -0.2) is 31.1 Å². The zero-order chi connectivity index (χ0) is 20.6. The zero-order valence-corrected chi connectivity index (χ0v) is 16.7. The van der Waals surface area contributed by atoms with Crippen molar-refractivity contribution in [3.05, 3.63) is 59.7 Å². The van der Waals surface area contributed by atoms with Crippen LogP contribution in [0.1, 0.15) is 42.6 Å². The van der Waals surface area contributed by atoms with Crippen molar-refractivity contribution in [1.29, 1.82) is 0 Å². The molecule has 2 aromatic rings. The van der Waals surface area contributed by atoms with E-state index >= 15 is 0 Å². The molecule has 6 nitrogen and oxygen atoms in total. The molecule has 2 N–H and O–H groups in total. The van der Waals surface area contributed by atoms with E-state index in [1.54, 1.807) is 36.4 Å². The van der Waals surface area contributed by atoms with Crippen molar-refractivity contribution in [1.82, 2.24) is 5.32 Å². The number of amides is 2. The number of nitrogens with one attached hydrogen (secondary N) is 2. The summed E-state index contributed by atoms with van der Waals surface area (Å²) in [5, 5.41) is 5.77. The lowest BCUT2D eigenvalue weighted by Gasteiger charge is -2.12. The normalized spacial score (nSPS) is 13.2. The number of ether oxygens (including phenoxy) is 2. The maximum Gasteiger partial charge on any atom is 0.251 e. The largest absolute Gasteiger partial charge is 0.490 e. The Hall–Kier alpha value is -3.28. The van der Waals surface area contributed by atoms with Crippen LogP contribution in [0.4, 0.5) is 5.69 Å². The molecule has 29 heavy (non-hydrogen) atoms. The van der Waals surface area contributed by atoms with Crippen LogP contribution in [0, 0.1) is 0 Å². The van der Waals surface area contributed by atoms with E-state index in [9.17, 15) is 9.59 Å². The van der Waals surface area contributed by atoms with Crippen LogP contribution in [0.3, 0.4) is 0 Å². The smallest absolute Gasteiger partial charge is 0.251 e. The summed E-state index contributed by atoms with van der Waals surface area (Å²) in [5.41, 5.74) is 2.08. The average molecular weight is 394 g/mol. The van der Waals surface area contributed by atoms with E-state index in [4.69, 9.17) is 9.47 Å². The maximum atomic E-state index is 12.2. The van der Waals surface area contributed by atoms with Crippen molar-refractivity contribution < 1.29 is 19.1 Å². The van der Waals surface area contributed by atoms with E-state index in [1.165, 1.54) is 6.08 Å². The minimum absolute atomic E-state index is 0.0543. The maximum absolute atomic E-state index is 12.2. The molecule has 6 heteroatoms. The van der Waals surface area contributed by atoms with Crippen LogP contribution >= 0.6 is 0 Å². The lowest BCUT2D eigenvalue weighted by atomic mass is 10.1. The molecular weight excluding hydrogens is 368 g/mol. The first kappa shape index (κ1) is 20.5. The topological polar surface area (TPSA) is 76.7 Å². The Morgan fingerprint density at radius 2 is 1.69 bits per heavy atom. The van der Waals surface area contributed by atoms with Gasteiger partial charge in [0.2, 0.25) is 5.91 Å². The molecule has 0 heterocycles. The van der Waals surface area contributed by atoms with Crippen LogP contribution in [0.5, 0.6) is 11.5 Å². The zero-order valence-electron chi connectivity index (χ0n) is 16.7. The van der Waals surface area contributed by atoms with Gasteiger partial charge in [-0.1, -0.05) is 12.1 Å². The third-order valence-electron chi connectivity index (χ3n) is 4.32. The van der Waals surface area contributed by atoms with Crippen LogP contribution < -0.4 is 20.1 Å². The van der Waals surface area contributed by atoms with Gasteiger partial charge in [0, 0.05) is 29.4 Å². The molecule has 2 amide bonds. The third-order valence-corrected chi connectivity index (χ3v) is 4.32. The van der Waals surface area contributed by atoms with E-state index in [0.29, 0.717) is 42.0 Å². The molecule has 0 aliphatic heterocycles. The van der Waals surface area contributed by atoms with Crippen molar-refractivity contribution in [3.63, 3.8) is 0 Å². The second-order valence-electron chi connectivity index (χ2n) is 6.72. The molecule has 0 bridgehead atoms. The van der Waals surface area contributed by atoms with Gasteiger partial charge in [0.15, 0.2) is 11.5 Å². The Labute approximate surface area is 170 Å². The lowest BCUT2D eigenvalue weighted by Crippen LogP contribution is -2.25. The Balaban J connectivity index is 1.58. The number of rotatable bonds is 9. The molecule has 0 saturated heterocycles. The highest BCUT2D eigenvalue weighted by Gasteiger charge is 2.23. The number of carbonyl (C=O) groups is 2. The molecule has 1 aliphatic rings. The summed E-state index contributed by atoms with van der Waals surface area (Å²) >= 11 is 0. The van der Waals surface area contributed by atoms with Crippen molar-refractivity contribution in [2.24, 2.45) is 0 Å². The predicted octanol–water partition coefficient (Wildman–Crippen LogP) is 4.03. The molecule has 2 aromatic carbocycles. The van der Waals surface area contributed by atoms with Crippen LogP contribution in [-0.2, 0) is 4.79 Å². The van der Waals surface area contributed by atoms with Gasteiger partial charge in [-0.25, -0.2) is 0 Å². The quantitative estimate of drug-likeness (QED) is 0.630. The summed E-state index contributed by atoms with van der Waals surface area (Å²) in [5.74, 6) is 0.929. The molecular formula is C23H26N2O4. The molecule has 0 aromatic heterocycles. The van der Waals surface area contributed by atoms with E-state index in [2.05, 4.69) is 10.6 Å². The highest BCUT2D eigenvalue weighted by atomic mass is 16.5. The van der Waals surface area contributed by atoms with Gasteiger partial charge in [-0.05, 0) is 62.6 Å². The minimum Gasteiger partial charge on any atom is -0.490 e. The molecule has 0 unspecified atom stereocenters. The van der Waals surface area contributed by atoms with E-state index < -0.39 is 0 Å². The van der Waals surface area contributed by atoms with Crippen LogP contribution in [0.2, 0.25) is 0 Å². The second-order valence-corrected chi connectivity index (χ2v) is 6.72. The van der Waals surface area contributed by atoms with Gasteiger partial charge in [-0.3, -0.25) is 9.59 Å². The molecule has 1 saturated carbocycles. The number of carbonyl (C=O) groups excluding carboxylic acids is 2. The highest BCUT2D eigenvalue weighted by molar-refractivity contribution is 6.02. The van der Waals surface area contributed by atoms with Crippen LogP contribution in [0.25, 0.3) is 6.08 Å². The van der Waals surface area contributed by atoms with Gasteiger partial charge >= 0.3 is 0 Å². The SMILES string of the molecule is CCOc1ccc(NC(=O)/C=C/c2ccc(C(=O)NC3CC3)cc2)cc1OCC. The Kier molecular flexibility index (Phi) is 6.89. The van der Waals surface area contributed by atoms with E-state index in [1.807, 2.05) is 26.0 Å². The van der Waals surface area contributed by atoms with Gasteiger partial charge in [-0.2, -0.15) is 0 Å². The number of hydrogen-bond acceptors (Lipinski definition) is 4. The second kappa shape index (κ2) is 9.78. The number of anilines is 1. The molecule has 0 spiro atoms. The molecule has 1 fully saturated rings. The van der Waals surface area contributed by atoms with Crippen LogP contribution in [0.15, 0.2) is 48.5 Å². The standard InChI is InChI=1S/C23H26N2O4/c1-3-28-20-13-12-19(15-21(20)29-4-2)24-22(26)14-7-16-5-8-17(9-6-16)23(27)25-18-10-11-18/h5-9,12-15,18H,3-4,10-11H2,1-2H3,(H,24,26)(H,25,27)/b14-7+. The van der Waals surface area contributed by atoms with Crippen molar-refractivity contribution in [2.45, 2.75) is 32.7 Å². The Morgan fingerprint density at radius 1 is 1.00 bits per heavy atom. The number of benzene rings is 2. The first-order valence-corrected chi connectivity index (χ1v) is 9.88. The van der Waals surface area contributed by atoms with Crippen molar-refractivity contribution in [2.75, 3.05) is 18.5 Å². The summed E-state index contributed by atoms with van der Waals surface area (Å²) < 4.78 is 11.1. The monoisotopic (exact) mass is 394 g/mol. The Morgan fingerprint density at radius 3 is 2.34 bits per heavy atom. The molecule has 1 aliphatic carbocycles. The summed E-state index contributed by atoms with van der Waals surface area (Å²) in [6.45, 7) is 4.84. The summed E-state index contributed by atoms with van der Waals surface area (Å²) in [7, 11) is 0. The Bertz CT molecular complexity index is 886. The fourth-order valence-corrected chi connectivity index (χ4v) is 2.73. The van der Waals surface area contributed by atoms with Gasteiger partial charge in [0.1, 0.15) is 0 Å². The minimum atomic E-state index is -0.257. The summed E-state index contributed by atoms with van der Waals surface area (Å²) in [4.78, 5) is 24.2. The van der Waals surface area contributed by atoms with Crippen molar-refractivity contribution >= 4 is 23.6 Å². The van der Waals surface area contributed by atoms with Gasteiger partial charge in [-0.15, -0.1) is 0 Å². The van der Waals surface area contributed by atoms with Gasteiger partial charge in [0.25, 0.3) is 5.91 Å². The summed E-state index contributed by atoms with van der Waals surface area (Å²) in [6.07, 6.45) is 5.27. The first-order chi connectivity index (χ1) is 14.1. The fourth-order valence-electron chi connectivity index (χ4n) is 2.73.